The molecule has 4 aliphatic heterocycles. The number of hydrogen-bond acceptors (Lipinski definition) is 15. The van der Waals surface area contributed by atoms with Gasteiger partial charge in [0.15, 0.2) is 6.29 Å². The molecule has 0 saturated carbocycles. The first-order valence-corrected chi connectivity index (χ1v) is 21.9. The number of aromatic nitrogens is 1. The van der Waals surface area contributed by atoms with Crippen LogP contribution in [0.5, 0.6) is 0 Å². The fraction of sp³-hybridized carbons (Fsp3) is 0.705. The van der Waals surface area contributed by atoms with Crippen LogP contribution in [0.4, 0.5) is 0 Å². The van der Waals surface area contributed by atoms with E-state index in [0.29, 0.717) is 18.6 Å². The summed E-state index contributed by atoms with van der Waals surface area (Å²) in [5, 5.41) is 19.0. The van der Waals surface area contributed by atoms with Crippen LogP contribution in [0, 0.1) is 29.6 Å². The van der Waals surface area contributed by atoms with Gasteiger partial charge < -0.3 is 43.3 Å². The molecule has 0 radical (unpaired) electrons. The van der Waals surface area contributed by atoms with Gasteiger partial charge in [-0.3, -0.25) is 14.4 Å². The number of thiazole rings is 1. The number of ketones is 1. The largest absolute Gasteiger partial charge is 0.458 e. The van der Waals surface area contributed by atoms with Gasteiger partial charge in [0.25, 0.3) is 0 Å². The number of rotatable bonds is 8. The average molecular weight is 842 g/mol. The van der Waals surface area contributed by atoms with Crippen molar-refractivity contribution in [1.82, 2.24) is 9.88 Å². The maximum absolute atomic E-state index is 14.6. The summed E-state index contributed by atoms with van der Waals surface area (Å²) >= 11 is 1.55. The van der Waals surface area contributed by atoms with Crippen LogP contribution in [0.15, 0.2) is 41.0 Å². The summed E-state index contributed by atoms with van der Waals surface area (Å²) in [5.74, 6) is -4.23. The lowest BCUT2D eigenvalue weighted by atomic mass is 9.70. The highest BCUT2D eigenvalue weighted by Gasteiger charge is 2.57. The Morgan fingerprint density at radius 2 is 1.83 bits per heavy atom. The lowest BCUT2D eigenvalue weighted by Crippen LogP contribution is -2.60. The first kappa shape index (κ1) is 45.2. The van der Waals surface area contributed by atoms with Crippen LogP contribution in [0.2, 0.25) is 0 Å². The molecule has 4 aliphatic rings. The van der Waals surface area contributed by atoms with Gasteiger partial charge in [-0.15, -0.1) is 11.3 Å². The van der Waals surface area contributed by atoms with E-state index >= 15 is 0 Å². The quantitative estimate of drug-likeness (QED) is 0.250. The first-order chi connectivity index (χ1) is 27.9. The van der Waals surface area contributed by atoms with Crippen LogP contribution in [0.25, 0.3) is 10.6 Å². The second kappa shape index (κ2) is 18.8. The second-order valence-corrected chi connectivity index (χ2v) is 18.6. The predicted octanol–water partition coefficient (Wildman–Crippen LogP) is 5.83. The maximum atomic E-state index is 14.6. The third kappa shape index (κ3) is 9.77. The number of aliphatic hydroxyl groups excluding tert-OH is 1. The van der Waals surface area contributed by atoms with E-state index in [-0.39, 0.29) is 50.6 Å². The van der Waals surface area contributed by atoms with Crippen molar-refractivity contribution < 1.29 is 52.7 Å². The molecule has 14 nitrogen and oxygen atoms in total. The van der Waals surface area contributed by atoms with E-state index in [1.54, 1.807) is 31.4 Å². The number of nitrogens with zero attached hydrogens (tertiary/aromatic N) is 3. The van der Waals surface area contributed by atoms with Crippen molar-refractivity contribution in [2.24, 2.45) is 34.7 Å². The molecule has 0 aliphatic carbocycles. The van der Waals surface area contributed by atoms with Gasteiger partial charge >= 0.3 is 11.9 Å². The van der Waals surface area contributed by atoms with Gasteiger partial charge in [-0.1, -0.05) is 51.0 Å². The van der Waals surface area contributed by atoms with Gasteiger partial charge in [-0.2, -0.15) is 0 Å². The third-order valence-electron chi connectivity index (χ3n) is 13.0. The van der Waals surface area contributed by atoms with E-state index in [0.717, 1.165) is 16.1 Å². The lowest BCUT2D eigenvalue weighted by molar-refractivity contribution is -0.302. The minimum Gasteiger partial charge on any atom is -0.458 e. The van der Waals surface area contributed by atoms with Crippen molar-refractivity contribution in [1.29, 1.82) is 0 Å². The molecule has 0 unspecified atom stereocenters. The van der Waals surface area contributed by atoms with E-state index in [4.69, 9.17) is 33.3 Å². The Morgan fingerprint density at radius 3 is 2.53 bits per heavy atom. The van der Waals surface area contributed by atoms with Crippen molar-refractivity contribution in [3.63, 3.8) is 0 Å². The number of likely N-dealkylation sites (N-methyl/N-ethyl adjacent to an activating group) is 1. The number of aliphatic hydroxyl groups is 1. The van der Waals surface area contributed by atoms with Crippen LogP contribution in [0.1, 0.15) is 86.6 Å². The van der Waals surface area contributed by atoms with Gasteiger partial charge in [0.2, 0.25) is 0 Å². The summed E-state index contributed by atoms with van der Waals surface area (Å²) in [6.45, 7) is 14.9. The van der Waals surface area contributed by atoms with Crippen molar-refractivity contribution in [3.05, 3.63) is 41.4 Å². The van der Waals surface area contributed by atoms with Gasteiger partial charge in [0.05, 0.1) is 49.5 Å². The molecule has 6 rings (SSSR count). The van der Waals surface area contributed by atoms with Gasteiger partial charge in [-0.25, -0.2) is 4.98 Å². The van der Waals surface area contributed by atoms with Crippen LogP contribution < -0.4 is 0 Å². The molecule has 0 spiro atoms. The Hall–Kier alpha value is -3.31. The molecule has 326 valence electrons. The topological polar surface area (TPSA) is 165 Å². The predicted molar refractivity (Wildman–Crippen MR) is 220 cm³/mol. The number of carbonyl (C=O) groups excluding carboxylic acids is 3. The SMILES string of the molecule is CC[C@H]1OC(=O)[C@H](C)[C@H]2OC/C(=N/OCc3cccc(-c4nccs4)c3)CO[C@](C)(C[C@@H](C)C(=O)[C@H](C)[C@@H]3CC(=O)O[C@]13C)[C@H](O[C@@H]1O[C@H](C)C[C@H](N(C)C)[C@H]1O)[C@H]2C. The second-order valence-electron chi connectivity index (χ2n) is 17.7. The Morgan fingerprint density at radius 1 is 1.07 bits per heavy atom. The van der Waals surface area contributed by atoms with E-state index in [1.807, 2.05) is 90.2 Å². The third-order valence-corrected chi connectivity index (χ3v) is 13.9. The van der Waals surface area contributed by atoms with E-state index in [1.165, 1.54) is 0 Å². The number of benzene rings is 1. The Kier molecular flexibility index (Phi) is 14.4. The minimum absolute atomic E-state index is 0.0270. The molecular formula is C44H63N3O11S. The molecular weight excluding hydrogens is 779 g/mol. The Bertz CT molecular complexity index is 1810. The summed E-state index contributed by atoms with van der Waals surface area (Å²) in [4.78, 5) is 54.2. The lowest BCUT2D eigenvalue weighted by Gasteiger charge is -2.48. The number of fused-ring (bicyclic) bond motifs is 4. The average Bonchev–Trinajstić information content (AvgIpc) is 3.86. The molecule has 14 atom stereocenters. The molecule has 15 heteroatoms. The molecule has 4 saturated heterocycles. The number of carbonyl (C=O) groups is 3. The number of cyclic esters (lactones) is 1. The monoisotopic (exact) mass is 841 g/mol. The van der Waals surface area contributed by atoms with Crippen molar-refractivity contribution in [3.8, 4) is 10.6 Å². The first-order valence-electron chi connectivity index (χ1n) is 21.0. The van der Waals surface area contributed by atoms with Crippen molar-refractivity contribution in [2.75, 3.05) is 27.3 Å². The number of hydrogen-bond donors (Lipinski definition) is 1. The zero-order chi connectivity index (χ0) is 42.8. The van der Waals surface area contributed by atoms with Crippen LogP contribution in [0.3, 0.4) is 0 Å². The van der Waals surface area contributed by atoms with Crippen LogP contribution >= 0.6 is 11.3 Å². The molecule has 4 fully saturated rings. The van der Waals surface area contributed by atoms with E-state index < -0.39 is 83.4 Å². The fourth-order valence-electron chi connectivity index (χ4n) is 9.76. The summed E-state index contributed by atoms with van der Waals surface area (Å²) in [7, 11) is 3.82. The zero-order valence-electron chi connectivity index (χ0n) is 36.1. The summed E-state index contributed by atoms with van der Waals surface area (Å²) < 4.78 is 39.1. The number of Topliss-reactive ketones (excluding diaryl/α,β-unsaturated/α-hetero) is 1. The molecule has 1 aromatic carbocycles. The van der Waals surface area contributed by atoms with Crippen molar-refractivity contribution in [2.45, 2.75) is 142 Å². The molecule has 2 aromatic rings. The molecule has 2 bridgehead atoms. The van der Waals surface area contributed by atoms with Gasteiger partial charge in [0.1, 0.15) is 40.9 Å². The molecule has 1 N–H and O–H groups in total. The van der Waals surface area contributed by atoms with E-state index in [9.17, 15) is 19.5 Å². The number of ether oxygens (including phenoxy) is 6. The normalized spacial score (nSPS) is 39.5. The fourth-order valence-corrected chi connectivity index (χ4v) is 10.4. The minimum atomic E-state index is -1.23. The highest BCUT2D eigenvalue weighted by atomic mass is 32.1. The van der Waals surface area contributed by atoms with Gasteiger partial charge in [-0.05, 0) is 72.7 Å². The molecule has 5 heterocycles. The van der Waals surface area contributed by atoms with E-state index in [2.05, 4.69) is 10.1 Å². The standard InChI is InChI=1S/C44H63N3O11S/c1-11-34-44(8)32(19-35(48)58-44)26(4)36(49)24(2)20-43(7)39(57-42-37(50)33(47(9)10)17-25(3)55-42)27(5)38(28(6)41(51)56-34)52-22-31(23-53-43)46-54-21-29-13-12-14-30(18-29)40-45-15-16-59-40/h12-16,18,24-28,32-34,37-39,42,50H,11,17,19-23H2,1-10H3/b46-31-/t24-,25-,26-,27+,28-,32+,33+,34-,37-,38+,39-,42+,43-,44+/m1/s1. The van der Waals surface area contributed by atoms with Crippen molar-refractivity contribution >= 4 is 34.8 Å². The zero-order valence-corrected chi connectivity index (χ0v) is 36.9. The van der Waals surface area contributed by atoms with Gasteiger partial charge in [0, 0.05) is 46.9 Å². The Labute approximate surface area is 352 Å². The molecule has 1 aromatic heterocycles. The molecule has 59 heavy (non-hydrogen) atoms. The number of esters is 2. The summed E-state index contributed by atoms with van der Waals surface area (Å²) in [6.07, 6.45) is -1.89. The smallest absolute Gasteiger partial charge is 0.311 e. The Balaban J connectivity index is 1.39. The van der Waals surface area contributed by atoms with Crippen LogP contribution in [-0.2, 0) is 54.2 Å². The summed E-state index contributed by atoms with van der Waals surface area (Å²) in [5.41, 5.74) is -0.148. The maximum Gasteiger partial charge on any atom is 0.311 e. The summed E-state index contributed by atoms with van der Waals surface area (Å²) in [6, 6.07) is 7.65. The van der Waals surface area contributed by atoms with Crippen LogP contribution in [-0.4, -0.2) is 120 Å². The highest BCUT2D eigenvalue weighted by molar-refractivity contribution is 7.13. The molecule has 0 amide bonds. The highest BCUT2D eigenvalue weighted by Crippen LogP contribution is 2.46. The number of oxime groups is 1.